The Kier molecular flexibility index (Phi) is 5.57. The van der Waals surface area contributed by atoms with Gasteiger partial charge < -0.3 is 4.74 Å². The number of hydrogen-bond acceptors (Lipinski definition) is 4. The number of rotatable bonds is 5. The minimum absolute atomic E-state index is 0.529. The first-order valence-electron chi connectivity index (χ1n) is 10.6. The van der Waals surface area contributed by atoms with E-state index in [1.54, 1.807) is 0 Å². The zero-order chi connectivity index (χ0) is 19.8. The number of fused-ring (bicyclic) bond motifs is 1. The fourth-order valence-electron chi connectivity index (χ4n) is 4.49. The summed E-state index contributed by atoms with van der Waals surface area (Å²) in [4.78, 5) is 7.80. The van der Waals surface area contributed by atoms with Crippen molar-refractivity contribution < 1.29 is 4.74 Å². The van der Waals surface area contributed by atoms with Gasteiger partial charge in [-0.25, -0.2) is 9.50 Å². The molecule has 0 unspecified atom stereocenters. The lowest BCUT2D eigenvalue weighted by Gasteiger charge is -2.20. The molecule has 5 heteroatoms. The maximum Gasteiger partial charge on any atom is 0.158 e. The molecule has 0 aliphatic carbocycles. The summed E-state index contributed by atoms with van der Waals surface area (Å²) in [7, 11) is 0. The van der Waals surface area contributed by atoms with Gasteiger partial charge in [0, 0.05) is 23.7 Å². The van der Waals surface area contributed by atoms with Crippen molar-refractivity contribution in [1.29, 1.82) is 0 Å². The van der Waals surface area contributed by atoms with Crippen molar-refractivity contribution in [2.24, 2.45) is 0 Å². The molecule has 1 saturated heterocycles. The second-order valence-corrected chi connectivity index (χ2v) is 9.17. The molecule has 0 radical (unpaired) electrons. The SMILES string of the molecule is CCC(CC)c1cc(C)nn2c(-c3sc(C4CCOCC4)cc3C)c(C)nc12. The van der Waals surface area contributed by atoms with Gasteiger partial charge in [-0.05, 0) is 76.0 Å². The molecule has 3 aromatic rings. The fourth-order valence-corrected chi connectivity index (χ4v) is 5.92. The summed E-state index contributed by atoms with van der Waals surface area (Å²) in [6.45, 7) is 12.7. The van der Waals surface area contributed by atoms with E-state index in [0.29, 0.717) is 11.8 Å². The largest absolute Gasteiger partial charge is 0.381 e. The van der Waals surface area contributed by atoms with Gasteiger partial charge in [-0.1, -0.05) is 13.8 Å². The Labute approximate surface area is 172 Å². The molecule has 4 rings (SSSR count). The first-order valence-corrected chi connectivity index (χ1v) is 11.4. The Balaban J connectivity index is 1.85. The molecule has 4 nitrogen and oxygen atoms in total. The van der Waals surface area contributed by atoms with Crippen LogP contribution in [0.4, 0.5) is 0 Å². The van der Waals surface area contributed by atoms with E-state index in [4.69, 9.17) is 14.8 Å². The molecule has 1 fully saturated rings. The van der Waals surface area contributed by atoms with Crippen LogP contribution >= 0.6 is 11.3 Å². The van der Waals surface area contributed by atoms with Gasteiger partial charge in [0.25, 0.3) is 0 Å². The molecule has 0 N–H and O–H groups in total. The van der Waals surface area contributed by atoms with Crippen molar-refractivity contribution in [2.75, 3.05) is 13.2 Å². The highest BCUT2D eigenvalue weighted by atomic mass is 32.1. The normalized spacial score (nSPS) is 15.8. The number of thiophene rings is 1. The maximum atomic E-state index is 5.56. The van der Waals surface area contributed by atoms with Crippen molar-refractivity contribution in [2.45, 2.75) is 72.1 Å². The average Bonchev–Trinajstić information content (AvgIpc) is 3.22. The van der Waals surface area contributed by atoms with E-state index in [2.05, 4.69) is 51.3 Å². The predicted molar refractivity (Wildman–Crippen MR) is 117 cm³/mol. The van der Waals surface area contributed by atoms with Crippen LogP contribution in [0, 0.1) is 20.8 Å². The quantitative estimate of drug-likeness (QED) is 0.516. The Hall–Kier alpha value is -1.72. The van der Waals surface area contributed by atoms with E-state index in [0.717, 1.165) is 55.9 Å². The monoisotopic (exact) mass is 397 g/mol. The Morgan fingerprint density at radius 1 is 1.14 bits per heavy atom. The summed E-state index contributed by atoms with van der Waals surface area (Å²) in [5, 5.41) is 4.89. The molecule has 0 bridgehead atoms. The van der Waals surface area contributed by atoms with Gasteiger partial charge in [0.1, 0.15) is 5.69 Å². The lowest BCUT2D eigenvalue weighted by atomic mass is 9.95. The third-order valence-electron chi connectivity index (χ3n) is 6.11. The van der Waals surface area contributed by atoms with Crippen LogP contribution in [0.3, 0.4) is 0 Å². The molecule has 1 aliphatic heterocycles. The van der Waals surface area contributed by atoms with Gasteiger partial charge in [0.2, 0.25) is 0 Å². The second kappa shape index (κ2) is 7.96. The van der Waals surface area contributed by atoms with Crippen molar-refractivity contribution in [3.8, 4) is 10.6 Å². The Morgan fingerprint density at radius 3 is 2.54 bits per heavy atom. The van der Waals surface area contributed by atoms with E-state index in [-0.39, 0.29) is 0 Å². The first kappa shape index (κ1) is 19.6. The molecule has 4 heterocycles. The van der Waals surface area contributed by atoms with Crippen molar-refractivity contribution in [3.05, 3.63) is 39.5 Å². The molecule has 0 aromatic carbocycles. The van der Waals surface area contributed by atoms with Crippen molar-refractivity contribution in [1.82, 2.24) is 14.6 Å². The predicted octanol–water partition coefficient (Wildman–Crippen LogP) is 6.18. The number of aromatic nitrogens is 3. The number of ether oxygens (including phenoxy) is 1. The molecule has 0 amide bonds. The van der Waals surface area contributed by atoms with E-state index in [9.17, 15) is 0 Å². The van der Waals surface area contributed by atoms with Gasteiger partial charge in [-0.2, -0.15) is 5.10 Å². The first-order chi connectivity index (χ1) is 13.5. The molecular formula is C23H31N3OS. The van der Waals surface area contributed by atoms with E-state index in [1.807, 2.05) is 11.3 Å². The molecule has 0 spiro atoms. The molecule has 0 atom stereocenters. The third kappa shape index (κ3) is 3.39. The van der Waals surface area contributed by atoms with Crippen LogP contribution < -0.4 is 0 Å². The number of nitrogens with zero attached hydrogens (tertiary/aromatic N) is 3. The van der Waals surface area contributed by atoms with Crippen LogP contribution in [-0.4, -0.2) is 27.8 Å². The minimum Gasteiger partial charge on any atom is -0.381 e. The summed E-state index contributed by atoms with van der Waals surface area (Å²) in [5.74, 6) is 1.15. The van der Waals surface area contributed by atoms with Crippen LogP contribution in [0.2, 0.25) is 0 Å². The highest BCUT2D eigenvalue weighted by Crippen LogP contribution is 2.41. The van der Waals surface area contributed by atoms with Gasteiger partial charge in [0.15, 0.2) is 5.65 Å². The number of imidazole rings is 1. The number of hydrogen-bond donors (Lipinski definition) is 0. The summed E-state index contributed by atoms with van der Waals surface area (Å²) >= 11 is 1.93. The zero-order valence-electron chi connectivity index (χ0n) is 17.7. The third-order valence-corrected chi connectivity index (χ3v) is 7.52. The molecule has 0 saturated carbocycles. The molecule has 1 aliphatic rings. The summed E-state index contributed by atoms with van der Waals surface area (Å²) in [5.41, 5.74) is 7.02. The van der Waals surface area contributed by atoms with Crippen molar-refractivity contribution in [3.63, 3.8) is 0 Å². The van der Waals surface area contributed by atoms with Gasteiger partial charge in [-0.3, -0.25) is 0 Å². The topological polar surface area (TPSA) is 39.4 Å². The lowest BCUT2D eigenvalue weighted by Crippen LogP contribution is -2.12. The second-order valence-electron chi connectivity index (χ2n) is 8.08. The van der Waals surface area contributed by atoms with Crippen LogP contribution in [0.15, 0.2) is 12.1 Å². The number of aryl methyl sites for hydroxylation is 3. The average molecular weight is 398 g/mol. The molecule has 150 valence electrons. The summed E-state index contributed by atoms with van der Waals surface area (Å²) in [6, 6.07) is 4.62. The molecule has 28 heavy (non-hydrogen) atoms. The van der Waals surface area contributed by atoms with Crippen LogP contribution in [0.25, 0.3) is 16.2 Å². The highest BCUT2D eigenvalue weighted by molar-refractivity contribution is 7.15. The molecule has 3 aromatic heterocycles. The highest BCUT2D eigenvalue weighted by Gasteiger charge is 2.24. The van der Waals surface area contributed by atoms with E-state index in [1.165, 1.54) is 26.6 Å². The Morgan fingerprint density at radius 2 is 1.86 bits per heavy atom. The molecular weight excluding hydrogens is 366 g/mol. The van der Waals surface area contributed by atoms with Crippen LogP contribution in [-0.2, 0) is 4.74 Å². The lowest BCUT2D eigenvalue weighted by molar-refractivity contribution is 0.0860. The van der Waals surface area contributed by atoms with Crippen LogP contribution in [0.5, 0.6) is 0 Å². The van der Waals surface area contributed by atoms with Gasteiger partial charge in [-0.15, -0.1) is 11.3 Å². The standard InChI is InChI=1S/C23H31N3OS/c1-6-17(7-2)19-13-15(4)25-26-21(16(5)24-23(19)26)22-14(3)12-20(28-22)18-8-10-27-11-9-18/h12-13,17-18H,6-11H2,1-5H3. The minimum atomic E-state index is 0.529. The smallest absolute Gasteiger partial charge is 0.158 e. The van der Waals surface area contributed by atoms with E-state index >= 15 is 0 Å². The fraction of sp³-hybridized carbons (Fsp3) is 0.565. The van der Waals surface area contributed by atoms with Gasteiger partial charge >= 0.3 is 0 Å². The van der Waals surface area contributed by atoms with Crippen LogP contribution in [0.1, 0.15) is 78.8 Å². The van der Waals surface area contributed by atoms with Crippen molar-refractivity contribution >= 4 is 17.0 Å². The summed E-state index contributed by atoms with van der Waals surface area (Å²) in [6.07, 6.45) is 4.51. The van der Waals surface area contributed by atoms with Gasteiger partial charge in [0.05, 0.1) is 16.3 Å². The van der Waals surface area contributed by atoms with E-state index < -0.39 is 0 Å². The summed E-state index contributed by atoms with van der Waals surface area (Å²) < 4.78 is 7.67. The Bertz CT molecular complexity index is 978. The zero-order valence-corrected chi connectivity index (χ0v) is 18.5. The maximum absolute atomic E-state index is 5.56.